The summed E-state index contributed by atoms with van der Waals surface area (Å²) >= 11 is 6.67. The van der Waals surface area contributed by atoms with Crippen LogP contribution >= 0.6 is 22.9 Å². The molecule has 0 aliphatic carbocycles. The van der Waals surface area contributed by atoms with Gasteiger partial charge in [-0.3, -0.25) is 9.59 Å². The van der Waals surface area contributed by atoms with Crippen LogP contribution in [0.1, 0.15) is 16.6 Å². The number of hydrogen-bond acceptors (Lipinski definition) is 6. The van der Waals surface area contributed by atoms with Crippen LogP contribution in [-0.4, -0.2) is 38.3 Å². The highest BCUT2D eigenvalue weighted by Crippen LogP contribution is 2.24. The topological polar surface area (TPSA) is 77.5 Å². The molecule has 0 spiro atoms. The average Bonchev–Trinajstić information content (AvgIpc) is 2.73. The average molecular weight is 311 g/mol. The Kier molecular flexibility index (Phi) is 4.89. The Morgan fingerprint density at radius 2 is 2.06 bits per heavy atom. The fourth-order valence-corrected chi connectivity index (χ4v) is 3.45. The van der Waals surface area contributed by atoms with Crippen LogP contribution in [0.15, 0.2) is 12.1 Å². The molecule has 0 aliphatic heterocycles. The Hall–Kier alpha value is -0.920. The molecule has 5 nitrogen and oxygen atoms in total. The predicted molar refractivity (Wildman–Crippen MR) is 68.9 cm³/mol. The number of ether oxygens (including phenoxy) is 1. The molecule has 100 valence electrons. The van der Waals surface area contributed by atoms with Crippen molar-refractivity contribution in [3.63, 3.8) is 0 Å². The number of Topliss-reactive ketones (excluding diaryl/α,β-unsaturated/α-hetero) is 1. The van der Waals surface area contributed by atoms with Crippen molar-refractivity contribution >= 4 is 44.5 Å². The van der Waals surface area contributed by atoms with E-state index in [-0.39, 0.29) is 4.88 Å². The molecule has 0 saturated heterocycles. The van der Waals surface area contributed by atoms with Crippen LogP contribution in [0, 0.1) is 0 Å². The van der Waals surface area contributed by atoms with Gasteiger partial charge < -0.3 is 4.74 Å². The van der Waals surface area contributed by atoms with Crippen molar-refractivity contribution in [1.82, 2.24) is 0 Å². The van der Waals surface area contributed by atoms with Crippen LogP contribution in [0.25, 0.3) is 0 Å². The summed E-state index contributed by atoms with van der Waals surface area (Å²) in [5, 5.41) is -1.30. The van der Waals surface area contributed by atoms with Gasteiger partial charge in [0, 0.05) is 0 Å². The molecule has 0 radical (unpaired) electrons. The number of sulfone groups is 1. The van der Waals surface area contributed by atoms with E-state index in [2.05, 4.69) is 4.74 Å². The number of rotatable bonds is 5. The summed E-state index contributed by atoms with van der Waals surface area (Å²) < 4.78 is 28.2. The van der Waals surface area contributed by atoms with Gasteiger partial charge in [-0.25, -0.2) is 8.42 Å². The molecule has 1 aromatic heterocycles. The molecule has 0 aliphatic rings. The fourth-order valence-electron chi connectivity index (χ4n) is 1.16. The SMILES string of the molecule is COC(=O)CS(=O)(=O)C(C)C(=O)c1ccc(Cl)s1. The number of ketones is 1. The van der Waals surface area contributed by atoms with E-state index >= 15 is 0 Å². The number of thiophene rings is 1. The summed E-state index contributed by atoms with van der Waals surface area (Å²) in [6.07, 6.45) is 0. The Morgan fingerprint density at radius 3 is 2.50 bits per heavy atom. The minimum absolute atomic E-state index is 0.251. The third kappa shape index (κ3) is 3.54. The zero-order valence-electron chi connectivity index (χ0n) is 9.67. The molecular weight excluding hydrogens is 300 g/mol. The van der Waals surface area contributed by atoms with E-state index in [1.807, 2.05) is 0 Å². The summed E-state index contributed by atoms with van der Waals surface area (Å²) in [6, 6.07) is 2.97. The molecular formula is C10H11ClO5S2. The molecule has 1 heterocycles. The molecule has 0 amide bonds. The lowest BCUT2D eigenvalue weighted by Crippen LogP contribution is -2.32. The van der Waals surface area contributed by atoms with Gasteiger partial charge in [-0.05, 0) is 19.1 Å². The van der Waals surface area contributed by atoms with Crippen molar-refractivity contribution < 1.29 is 22.7 Å². The van der Waals surface area contributed by atoms with E-state index in [1.54, 1.807) is 0 Å². The van der Waals surface area contributed by atoms with Crippen LogP contribution < -0.4 is 0 Å². The van der Waals surface area contributed by atoms with Crippen molar-refractivity contribution in [3.8, 4) is 0 Å². The van der Waals surface area contributed by atoms with Crippen LogP contribution in [0.4, 0.5) is 0 Å². The molecule has 0 fully saturated rings. The maximum absolute atomic E-state index is 11.9. The first kappa shape index (κ1) is 15.1. The van der Waals surface area contributed by atoms with Crippen LogP contribution in [0.2, 0.25) is 4.34 Å². The quantitative estimate of drug-likeness (QED) is 0.609. The van der Waals surface area contributed by atoms with Gasteiger partial charge in [0.2, 0.25) is 0 Å². The van der Waals surface area contributed by atoms with Crippen molar-refractivity contribution in [2.45, 2.75) is 12.2 Å². The Balaban J connectivity index is 2.90. The fraction of sp³-hybridized carbons (Fsp3) is 0.400. The van der Waals surface area contributed by atoms with E-state index in [1.165, 1.54) is 19.1 Å². The maximum atomic E-state index is 11.9. The third-order valence-electron chi connectivity index (χ3n) is 2.27. The highest BCUT2D eigenvalue weighted by Gasteiger charge is 2.31. The van der Waals surface area contributed by atoms with Crippen LogP contribution in [0.5, 0.6) is 0 Å². The molecule has 1 aromatic rings. The lowest BCUT2D eigenvalue weighted by molar-refractivity contribution is -0.137. The van der Waals surface area contributed by atoms with Crippen molar-refractivity contribution in [2.24, 2.45) is 0 Å². The first-order valence-corrected chi connectivity index (χ1v) is 7.77. The molecule has 0 N–H and O–H groups in total. The van der Waals surface area contributed by atoms with Gasteiger partial charge in [-0.15, -0.1) is 11.3 Å². The summed E-state index contributed by atoms with van der Waals surface area (Å²) in [6.45, 7) is 1.24. The molecule has 0 saturated carbocycles. The highest BCUT2D eigenvalue weighted by molar-refractivity contribution is 7.93. The van der Waals surface area contributed by atoms with Gasteiger partial charge >= 0.3 is 5.97 Å². The highest BCUT2D eigenvalue weighted by atomic mass is 35.5. The number of methoxy groups -OCH3 is 1. The van der Waals surface area contributed by atoms with Gasteiger partial charge in [0.25, 0.3) is 0 Å². The minimum atomic E-state index is -3.87. The molecule has 0 bridgehead atoms. The largest absolute Gasteiger partial charge is 0.468 e. The minimum Gasteiger partial charge on any atom is -0.468 e. The molecule has 0 aromatic carbocycles. The first-order valence-electron chi connectivity index (χ1n) is 4.86. The van der Waals surface area contributed by atoms with Gasteiger partial charge in [0.1, 0.15) is 11.0 Å². The molecule has 1 rings (SSSR count). The lowest BCUT2D eigenvalue weighted by Gasteiger charge is -2.09. The Labute approximate surface area is 114 Å². The van der Waals surface area contributed by atoms with Crippen molar-refractivity contribution in [1.29, 1.82) is 0 Å². The Bertz CT molecular complexity index is 561. The van der Waals surface area contributed by atoms with E-state index in [0.29, 0.717) is 4.34 Å². The smallest absolute Gasteiger partial charge is 0.320 e. The number of halogens is 1. The Morgan fingerprint density at radius 1 is 1.44 bits per heavy atom. The summed E-state index contributed by atoms with van der Waals surface area (Å²) in [5.74, 6) is -2.27. The third-order valence-corrected chi connectivity index (χ3v) is 5.45. The standard InChI is InChI=1S/C10H11ClO5S2/c1-6(18(14,15)5-9(12)16-2)10(13)7-3-4-8(11)17-7/h3-4,6H,5H2,1-2H3. The molecule has 1 atom stereocenters. The number of carbonyl (C=O) groups is 2. The van der Waals surface area contributed by atoms with E-state index < -0.39 is 32.6 Å². The van der Waals surface area contributed by atoms with E-state index in [9.17, 15) is 18.0 Å². The second kappa shape index (κ2) is 5.81. The normalized spacial score (nSPS) is 13.1. The first-order chi connectivity index (χ1) is 8.27. The summed E-state index contributed by atoms with van der Waals surface area (Å²) in [5.41, 5.74) is 0. The van der Waals surface area contributed by atoms with E-state index in [0.717, 1.165) is 18.4 Å². The monoisotopic (exact) mass is 310 g/mol. The molecule has 1 unspecified atom stereocenters. The number of carbonyl (C=O) groups excluding carboxylic acids is 2. The number of hydrogen-bond donors (Lipinski definition) is 0. The van der Waals surface area contributed by atoms with Gasteiger partial charge in [-0.1, -0.05) is 11.6 Å². The molecule has 8 heteroatoms. The second-order valence-electron chi connectivity index (χ2n) is 3.49. The number of esters is 1. The molecule has 18 heavy (non-hydrogen) atoms. The van der Waals surface area contributed by atoms with Crippen molar-refractivity contribution in [2.75, 3.05) is 12.9 Å². The van der Waals surface area contributed by atoms with Crippen LogP contribution in [-0.2, 0) is 19.4 Å². The van der Waals surface area contributed by atoms with Crippen molar-refractivity contribution in [3.05, 3.63) is 21.3 Å². The predicted octanol–water partition coefficient (Wildman–Crippen LogP) is 1.56. The lowest BCUT2D eigenvalue weighted by atomic mass is 10.2. The maximum Gasteiger partial charge on any atom is 0.320 e. The zero-order chi connectivity index (χ0) is 13.9. The van der Waals surface area contributed by atoms with Crippen LogP contribution in [0.3, 0.4) is 0 Å². The zero-order valence-corrected chi connectivity index (χ0v) is 12.1. The van der Waals surface area contributed by atoms with Gasteiger partial charge in [-0.2, -0.15) is 0 Å². The van der Waals surface area contributed by atoms with E-state index in [4.69, 9.17) is 11.6 Å². The van der Waals surface area contributed by atoms with Gasteiger partial charge in [0.15, 0.2) is 15.6 Å². The van der Waals surface area contributed by atoms with Gasteiger partial charge in [0.05, 0.1) is 16.3 Å². The second-order valence-corrected chi connectivity index (χ2v) is 7.53. The summed E-state index contributed by atoms with van der Waals surface area (Å²) in [7, 11) is -2.78. The summed E-state index contributed by atoms with van der Waals surface area (Å²) in [4.78, 5) is 23.1.